The summed E-state index contributed by atoms with van der Waals surface area (Å²) in [6.07, 6.45) is 3.67. The Morgan fingerprint density at radius 2 is 2.54 bits per heavy atom. The number of carbonyl (C=O) groups excluding carboxylic acids is 1. The van der Waals surface area contributed by atoms with Crippen LogP contribution in [0.5, 0.6) is 0 Å². The van der Waals surface area contributed by atoms with Crippen LogP contribution in [0.1, 0.15) is 5.56 Å². The lowest BCUT2D eigenvalue weighted by molar-refractivity contribution is 0.259. The molecule has 0 aliphatic heterocycles. The molecule has 0 aliphatic carbocycles. The molecule has 0 aliphatic rings. The van der Waals surface area contributed by atoms with E-state index >= 15 is 0 Å². The van der Waals surface area contributed by atoms with Gasteiger partial charge in [0.25, 0.3) is 0 Å². The lowest BCUT2D eigenvalue weighted by atomic mass is 10.3. The van der Waals surface area contributed by atoms with Gasteiger partial charge >= 0.3 is 6.03 Å². The number of carbonyl (C=O) groups is 1. The van der Waals surface area contributed by atoms with E-state index in [2.05, 4.69) is 10.3 Å². The maximum Gasteiger partial charge on any atom is 0.317 e. The van der Waals surface area contributed by atoms with Crippen LogP contribution in [-0.4, -0.2) is 17.3 Å². The normalized spacial score (nSPS) is 9.62. The van der Waals surface area contributed by atoms with Gasteiger partial charge in [-0.2, -0.15) is 11.8 Å². The molecular weight excluding hydrogens is 186 g/mol. The SMILES string of the molecule is CSCc1ccnc(NC(N)=O)c1. The third-order valence-corrected chi connectivity index (χ3v) is 2.01. The standard InChI is InChI=1S/C8H11N3OS/c1-13-5-6-2-3-10-7(4-6)11-8(9)12/h2-4H,5H2,1H3,(H3,9,10,11,12). The zero-order chi connectivity index (χ0) is 9.68. The Morgan fingerprint density at radius 3 is 3.15 bits per heavy atom. The minimum Gasteiger partial charge on any atom is -0.351 e. The number of aromatic nitrogens is 1. The van der Waals surface area contributed by atoms with Gasteiger partial charge in [0.1, 0.15) is 5.82 Å². The summed E-state index contributed by atoms with van der Waals surface area (Å²) in [5, 5.41) is 2.42. The number of nitrogens with two attached hydrogens (primary N) is 1. The van der Waals surface area contributed by atoms with Crippen LogP contribution < -0.4 is 11.1 Å². The summed E-state index contributed by atoms with van der Waals surface area (Å²) in [6, 6.07) is 3.12. The van der Waals surface area contributed by atoms with E-state index in [1.165, 1.54) is 0 Å². The Hall–Kier alpha value is -1.23. The van der Waals surface area contributed by atoms with Gasteiger partial charge in [-0.1, -0.05) is 0 Å². The van der Waals surface area contributed by atoms with Crippen LogP contribution in [0.4, 0.5) is 10.6 Å². The van der Waals surface area contributed by atoms with Crippen molar-refractivity contribution in [3.63, 3.8) is 0 Å². The Labute approximate surface area is 80.9 Å². The van der Waals surface area contributed by atoms with Crippen molar-refractivity contribution in [3.05, 3.63) is 23.9 Å². The highest BCUT2D eigenvalue weighted by Crippen LogP contribution is 2.11. The van der Waals surface area contributed by atoms with E-state index < -0.39 is 6.03 Å². The van der Waals surface area contributed by atoms with Gasteiger partial charge < -0.3 is 5.73 Å². The fourth-order valence-corrected chi connectivity index (χ4v) is 1.44. The maximum absolute atomic E-state index is 10.5. The van der Waals surface area contributed by atoms with E-state index in [1.54, 1.807) is 24.0 Å². The number of primary amides is 1. The summed E-state index contributed by atoms with van der Waals surface area (Å²) < 4.78 is 0. The Balaban J connectivity index is 2.73. The van der Waals surface area contributed by atoms with Crippen molar-refractivity contribution in [2.45, 2.75) is 5.75 Å². The van der Waals surface area contributed by atoms with Crippen LogP contribution in [0.25, 0.3) is 0 Å². The van der Waals surface area contributed by atoms with Gasteiger partial charge in [0, 0.05) is 11.9 Å². The van der Waals surface area contributed by atoms with Gasteiger partial charge in [-0.15, -0.1) is 0 Å². The van der Waals surface area contributed by atoms with E-state index in [4.69, 9.17) is 5.73 Å². The number of pyridine rings is 1. The number of nitrogens with zero attached hydrogens (tertiary/aromatic N) is 1. The largest absolute Gasteiger partial charge is 0.351 e. The van der Waals surface area contributed by atoms with Crippen molar-refractivity contribution in [2.75, 3.05) is 11.6 Å². The summed E-state index contributed by atoms with van der Waals surface area (Å²) >= 11 is 1.71. The summed E-state index contributed by atoms with van der Waals surface area (Å²) in [4.78, 5) is 14.4. The molecule has 0 spiro atoms. The van der Waals surface area contributed by atoms with E-state index in [0.717, 1.165) is 11.3 Å². The van der Waals surface area contributed by atoms with Gasteiger partial charge in [-0.25, -0.2) is 9.78 Å². The zero-order valence-corrected chi connectivity index (χ0v) is 8.10. The first-order chi connectivity index (χ1) is 6.22. The molecule has 3 N–H and O–H groups in total. The molecule has 1 rings (SSSR count). The minimum absolute atomic E-state index is 0.499. The third-order valence-electron chi connectivity index (χ3n) is 1.39. The molecule has 13 heavy (non-hydrogen) atoms. The van der Waals surface area contributed by atoms with Gasteiger partial charge in [-0.3, -0.25) is 5.32 Å². The van der Waals surface area contributed by atoms with Crippen LogP contribution >= 0.6 is 11.8 Å². The number of urea groups is 1. The van der Waals surface area contributed by atoms with Gasteiger partial charge in [0.2, 0.25) is 0 Å². The molecule has 0 bridgehead atoms. The Bertz CT molecular complexity index is 303. The zero-order valence-electron chi connectivity index (χ0n) is 7.28. The van der Waals surface area contributed by atoms with Crippen LogP contribution in [0.2, 0.25) is 0 Å². The molecule has 0 fully saturated rings. The summed E-state index contributed by atoms with van der Waals surface area (Å²) in [5.74, 6) is 1.40. The van der Waals surface area contributed by atoms with E-state index in [-0.39, 0.29) is 0 Å². The van der Waals surface area contributed by atoms with Crippen molar-refractivity contribution in [1.82, 2.24) is 4.98 Å². The molecule has 1 aromatic rings. The smallest absolute Gasteiger partial charge is 0.317 e. The van der Waals surface area contributed by atoms with Crippen molar-refractivity contribution in [2.24, 2.45) is 5.73 Å². The molecule has 1 heterocycles. The topological polar surface area (TPSA) is 68.0 Å². The van der Waals surface area contributed by atoms with E-state index in [9.17, 15) is 4.79 Å². The highest BCUT2D eigenvalue weighted by atomic mass is 32.2. The van der Waals surface area contributed by atoms with E-state index in [1.807, 2.05) is 12.3 Å². The number of nitrogens with one attached hydrogen (secondary N) is 1. The lowest BCUT2D eigenvalue weighted by Crippen LogP contribution is -2.19. The molecule has 4 nitrogen and oxygen atoms in total. The van der Waals surface area contributed by atoms with Crippen molar-refractivity contribution >= 4 is 23.6 Å². The first-order valence-corrected chi connectivity index (χ1v) is 5.12. The van der Waals surface area contributed by atoms with Crippen LogP contribution in [0, 0.1) is 0 Å². The number of amides is 2. The summed E-state index contributed by atoms with van der Waals surface area (Å²) in [7, 11) is 0. The van der Waals surface area contributed by atoms with Crippen molar-refractivity contribution in [3.8, 4) is 0 Å². The predicted molar refractivity (Wildman–Crippen MR) is 54.7 cm³/mol. The highest BCUT2D eigenvalue weighted by Gasteiger charge is 1.98. The number of rotatable bonds is 3. The molecule has 0 aromatic carbocycles. The van der Waals surface area contributed by atoms with Gasteiger partial charge in [0.05, 0.1) is 0 Å². The number of hydrogen-bond acceptors (Lipinski definition) is 3. The van der Waals surface area contributed by atoms with Crippen molar-refractivity contribution in [1.29, 1.82) is 0 Å². The molecule has 0 saturated heterocycles. The maximum atomic E-state index is 10.5. The molecule has 0 saturated carbocycles. The minimum atomic E-state index is -0.589. The molecule has 0 radical (unpaired) electrons. The van der Waals surface area contributed by atoms with Gasteiger partial charge in [-0.05, 0) is 24.0 Å². The number of thioether (sulfide) groups is 1. The molecule has 2 amide bonds. The molecule has 5 heteroatoms. The number of hydrogen-bond donors (Lipinski definition) is 2. The molecule has 1 aromatic heterocycles. The molecule has 0 unspecified atom stereocenters. The van der Waals surface area contributed by atoms with E-state index in [0.29, 0.717) is 5.82 Å². The number of anilines is 1. The second kappa shape index (κ2) is 4.71. The monoisotopic (exact) mass is 197 g/mol. The first kappa shape index (κ1) is 9.85. The molecule has 70 valence electrons. The fraction of sp³-hybridized carbons (Fsp3) is 0.250. The first-order valence-electron chi connectivity index (χ1n) is 3.72. The van der Waals surface area contributed by atoms with Gasteiger partial charge in [0.15, 0.2) is 0 Å². The second-order valence-corrected chi connectivity index (χ2v) is 3.34. The van der Waals surface area contributed by atoms with Crippen LogP contribution in [0.15, 0.2) is 18.3 Å². The fourth-order valence-electron chi connectivity index (χ4n) is 0.925. The summed E-state index contributed by atoms with van der Waals surface area (Å²) in [6.45, 7) is 0. The molecule has 0 atom stereocenters. The van der Waals surface area contributed by atoms with Crippen LogP contribution in [-0.2, 0) is 5.75 Å². The second-order valence-electron chi connectivity index (χ2n) is 2.47. The van der Waals surface area contributed by atoms with Crippen LogP contribution in [0.3, 0.4) is 0 Å². The third kappa shape index (κ3) is 3.33. The Kier molecular flexibility index (Phi) is 3.57. The predicted octanol–water partition coefficient (Wildman–Crippen LogP) is 1.44. The highest BCUT2D eigenvalue weighted by molar-refractivity contribution is 7.97. The average Bonchev–Trinajstić information content (AvgIpc) is 2.04. The van der Waals surface area contributed by atoms with Crippen molar-refractivity contribution < 1.29 is 4.79 Å². The summed E-state index contributed by atoms with van der Waals surface area (Å²) in [5.41, 5.74) is 6.07. The molecular formula is C8H11N3OS. The Morgan fingerprint density at radius 1 is 1.77 bits per heavy atom. The average molecular weight is 197 g/mol. The quantitative estimate of drug-likeness (QED) is 0.770. The lowest BCUT2D eigenvalue weighted by Gasteiger charge is -2.02.